The van der Waals surface area contributed by atoms with Gasteiger partial charge in [0.2, 0.25) is 0 Å². The zero-order valence-electron chi connectivity index (χ0n) is 4.68. The van der Waals surface area contributed by atoms with Gasteiger partial charge in [-0.25, -0.2) is 4.63 Å². The van der Waals surface area contributed by atoms with Gasteiger partial charge in [-0.15, -0.1) is 10.2 Å². The minimum Gasteiger partial charge on any atom is -0.410 e. The molecular formula is C4HN4O2. The van der Waals surface area contributed by atoms with Gasteiger partial charge in [-0.1, -0.05) is 5.16 Å². The molecule has 0 aliphatic heterocycles. The molecule has 0 aromatic carbocycles. The van der Waals surface area contributed by atoms with Gasteiger partial charge in [0.15, 0.2) is 5.69 Å². The van der Waals surface area contributed by atoms with E-state index in [0.717, 1.165) is 0 Å². The van der Waals surface area contributed by atoms with E-state index in [-0.39, 0.29) is 5.89 Å². The lowest BCUT2D eigenvalue weighted by atomic mass is 10.5. The van der Waals surface area contributed by atoms with Gasteiger partial charge in [-0.05, 0) is 5.16 Å². The summed E-state index contributed by atoms with van der Waals surface area (Å²) in [5.74, 6) is 0.251. The zero-order chi connectivity index (χ0) is 6.81. The Morgan fingerprint density at radius 2 is 2.50 bits per heavy atom. The quantitative estimate of drug-likeness (QED) is 0.547. The van der Waals surface area contributed by atoms with Gasteiger partial charge in [0.05, 0.1) is 0 Å². The molecule has 0 saturated heterocycles. The SMILES string of the molecule is [c]1nnc(-c2cnon2)o1. The standard InChI is InChI=1S/C4HN4O2/c1-3(8-10-6-1)4-7-5-2-9-4/h1H. The molecule has 0 amide bonds. The van der Waals surface area contributed by atoms with Gasteiger partial charge in [-0.3, -0.25) is 0 Å². The Labute approximate surface area is 54.8 Å². The molecule has 49 valence electrons. The van der Waals surface area contributed by atoms with Gasteiger partial charge in [0, 0.05) is 0 Å². The first-order valence-corrected chi connectivity index (χ1v) is 2.44. The molecule has 2 rings (SSSR count). The summed E-state index contributed by atoms with van der Waals surface area (Å²) in [6.45, 7) is 0. The van der Waals surface area contributed by atoms with Crippen LogP contribution < -0.4 is 0 Å². The van der Waals surface area contributed by atoms with Crippen molar-refractivity contribution in [3.8, 4) is 11.6 Å². The smallest absolute Gasteiger partial charge is 0.306 e. The zero-order valence-corrected chi connectivity index (χ0v) is 4.68. The monoisotopic (exact) mass is 137 g/mol. The van der Waals surface area contributed by atoms with Crippen molar-refractivity contribution in [1.29, 1.82) is 0 Å². The van der Waals surface area contributed by atoms with E-state index >= 15 is 0 Å². The maximum Gasteiger partial charge on any atom is 0.306 e. The Bertz CT molecular complexity index is 255. The van der Waals surface area contributed by atoms with Crippen LogP contribution in [0, 0.1) is 6.39 Å². The maximum absolute atomic E-state index is 4.67. The minimum absolute atomic E-state index is 0.251. The molecule has 6 nitrogen and oxygen atoms in total. The molecule has 0 saturated carbocycles. The molecular weight excluding hydrogens is 136 g/mol. The van der Waals surface area contributed by atoms with Crippen LogP contribution >= 0.6 is 0 Å². The molecule has 0 fully saturated rings. The molecule has 2 heterocycles. The van der Waals surface area contributed by atoms with E-state index in [1.165, 1.54) is 6.20 Å². The van der Waals surface area contributed by atoms with Gasteiger partial charge in [0.1, 0.15) is 6.20 Å². The Morgan fingerprint density at radius 3 is 3.10 bits per heavy atom. The lowest BCUT2D eigenvalue weighted by molar-refractivity contribution is 0.307. The minimum atomic E-state index is 0.251. The normalized spacial score (nSPS) is 10.0. The first kappa shape index (κ1) is 5.10. The van der Waals surface area contributed by atoms with Crippen LogP contribution in [0.25, 0.3) is 11.6 Å². The van der Waals surface area contributed by atoms with Gasteiger partial charge in [0.25, 0.3) is 5.89 Å². The van der Waals surface area contributed by atoms with Crippen molar-refractivity contribution >= 4 is 0 Å². The van der Waals surface area contributed by atoms with Crippen LogP contribution in [-0.2, 0) is 0 Å². The van der Waals surface area contributed by atoms with E-state index in [9.17, 15) is 0 Å². The van der Waals surface area contributed by atoms with Crippen molar-refractivity contribution in [3.05, 3.63) is 12.6 Å². The molecule has 2 aromatic heterocycles. The first-order chi connectivity index (χ1) is 4.97. The Morgan fingerprint density at radius 1 is 1.50 bits per heavy atom. The number of rotatable bonds is 1. The van der Waals surface area contributed by atoms with Crippen molar-refractivity contribution in [2.75, 3.05) is 0 Å². The molecule has 6 heteroatoms. The molecule has 10 heavy (non-hydrogen) atoms. The predicted molar refractivity (Wildman–Crippen MR) is 26.4 cm³/mol. The lowest BCUT2D eigenvalue weighted by Crippen LogP contribution is -1.75. The third-order valence-electron chi connectivity index (χ3n) is 0.904. The topological polar surface area (TPSA) is 77.8 Å². The summed E-state index contributed by atoms with van der Waals surface area (Å²) in [7, 11) is 0. The Kier molecular flexibility index (Phi) is 0.970. The Balaban J connectivity index is 2.48. The van der Waals surface area contributed by atoms with Crippen LogP contribution in [0.15, 0.2) is 15.2 Å². The van der Waals surface area contributed by atoms with Crippen LogP contribution in [-0.4, -0.2) is 20.5 Å². The molecule has 2 aromatic rings. The average molecular weight is 137 g/mol. The fourth-order valence-electron chi connectivity index (χ4n) is 0.512. The number of hydrogen-bond donors (Lipinski definition) is 0. The highest BCUT2D eigenvalue weighted by Crippen LogP contribution is 2.09. The summed E-state index contributed by atoms with van der Waals surface area (Å²) >= 11 is 0. The number of aromatic nitrogens is 4. The predicted octanol–water partition coefficient (Wildman–Crippen LogP) is -0.0802. The maximum atomic E-state index is 4.67. The highest BCUT2D eigenvalue weighted by atomic mass is 16.6. The molecule has 0 unspecified atom stereocenters. The summed E-state index contributed by atoms with van der Waals surface area (Å²) in [6.07, 6.45) is 3.55. The van der Waals surface area contributed by atoms with Gasteiger partial charge in [-0.2, -0.15) is 0 Å². The fourth-order valence-corrected chi connectivity index (χ4v) is 0.512. The molecule has 0 aliphatic rings. The number of nitrogens with zero attached hydrogens (tertiary/aromatic N) is 4. The molecule has 0 aliphatic carbocycles. The van der Waals surface area contributed by atoms with Crippen molar-refractivity contribution < 1.29 is 9.05 Å². The van der Waals surface area contributed by atoms with Crippen LogP contribution in [0.4, 0.5) is 0 Å². The highest BCUT2D eigenvalue weighted by molar-refractivity contribution is 5.41. The van der Waals surface area contributed by atoms with Gasteiger partial charge < -0.3 is 4.42 Å². The Hall–Kier alpha value is -1.72. The van der Waals surface area contributed by atoms with Crippen LogP contribution in [0.1, 0.15) is 0 Å². The fraction of sp³-hybridized carbons (Fsp3) is 0. The second kappa shape index (κ2) is 1.90. The third-order valence-corrected chi connectivity index (χ3v) is 0.904. The van der Waals surface area contributed by atoms with Crippen LogP contribution in [0.5, 0.6) is 0 Å². The second-order valence-corrected chi connectivity index (χ2v) is 1.49. The van der Waals surface area contributed by atoms with E-state index < -0.39 is 0 Å². The van der Waals surface area contributed by atoms with Crippen molar-refractivity contribution in [2.45, 2.75) is 0 Å². The molecule has 0 N–H and O–H groups in total. The average Bonchev–Trinajstić information content (AvgIpc) is 2.59. The summed E-state index contributed by atoms with van der Waals surface area (Å²) in [4.78, 5) is 0. The summed E-state index contributed by atoms with van der Waals surface area (Å²) in [5, 5.41) is 13.7. The van der Waals surface area contributed by atoms with Crippen molar-refractivity contribution in [2.24, 2.45) is 0 Å². The van der Waals surface area contributed by atoms with E-state index in [2.05, 4.69) is 36.0 Å². The van der Waals surface area contributed by atoms with Crippen LogP contribution in [0.2, 0.25) is 0 Å². The van der Waals surface area contributed by atoms with E-state index in [0.29, 0.717) is 5.69 Å². The second-order valence-electron chi connectivity index (χ2n) is 1.49. The van der Waals surface area contributed by atoms with Crippen molar-refractivity contribution in [1.82, 2.24) is 20.5 Å². The lowest BCUT2D eigenvalue weighted by Gasteiger charge is -1.76. The summed E-state index contributed by atoms with van der Waals surface area (Å²) in [5.41, 5.74) is 0.411. The third kappa shape index (κ3) is 0.661. The van der Waals surface area contributed by atoms with Crippen molar-refractivity contribution in [3.63, 3.8) is 0 Å². The summed E-state index contributed by atoms with van der Waals surface area (Å²) < 4.78 is 8.96. The van der Waals surface area contributed by atoms with Crippen LogP contribution in [0.3, 0.4) is 0 Å². The van der Waals surface area contributed by atoms with Gasteiger partial charge >= 0.3 is 6.39 Å². The van der Waals surface area contributed by atoms with E-state index in [1.54, 1.807) is 0 Å². The van der Waals surface area contributed by atoms with E-state index in [1.807, 2.05) is 0 Å². The molecule has 0 atom stereocenters. The highest BCUT2D eigenvalue weighted by Gasteiger charge is 2.06. The van der Waals surface area contributed by atoms with E-state index in [4.69, 9.17) is 0 Å². The summed E-state index contributed by atoms with van der Waals surface area (Å²) in [6, 6.07) is 0. The first-order valence-electron chi connectivity index (χ1n) is 2.44. The molecule has 0 bridgehead atoms. The molecule has 0 spiro atoms. The number of hydrogen-bond acceptors (Lipinski definition) is 6. The largest absolute Gasteiger partial charge is 0.410 e. The molecule has 1 radical (unpaired) electrons.